The van der Waals surface area contributed by atoms with Crippen molar-refractivity contribution >= 4 is 31.8 Å². The maximum atomic E-state index is 15.2. The van der Waals surface area contributed by atoms with Gasteiger partial charge in [0.1, 0.15) is 11.2 Å². The molecule has 65 heavy (non-hydrogen) atoms. The van der Waals surface area contributed by atoms with Crippen molar-refractivity contribution in [2.24, 2.45) is 0 Å². The van der Waals surface area contributed by atoms with Crippen molar-refractivity contribution in [3.63, 3.8) is 0 Å². The molecule has 4 aromatic heterocycles. The van der Waals surface area contributed by atoms with Crippen LogP contribution in [0, 0.1) is 0 Å². The maximum absolute atomic E-state index is 15.2. The Morgan fingerprint density at radius 1 is 0.415 bits per heavy atom. The summed E-state index contributed by atoms with van der Waals surface area (Å²) in [5.74, 6) is 0.527. The molecule has 0 saturated heterocycles. The summed E-state index contributed by atoms with van der Waals surface area (Å²) in [5.41, 5.74) is 13.2. The summed E-state index contributed by atoms with van der Waals surface area (Å²) in [6, 6.07) is 62.5. The largest absolute Gasteiger partial charge is 0.456 e. The predicted octanol–water partition coefficient (Wildman–Crippen LogP) is 13.0. The Morgan fingerprint density at radius 2 is 1.09 bits per heavy atom. The van der Waals surface area contributed by atoms with Crippen LogP contribution >= 0.6 is 0 Å². The number of pyridine rings is 2. The van der Waals surface area contributed by atoms with Crippen molar-refractivity contribution in [3.05, 3.63) is 229 Å². The number of hydrogen-bond donors (Lipinski definition) is 0. The van der Waals surface area contributed by atoms with Gasteiger partial charge in [-0.05, 0) is 105 Å². The van der Waals surface area contributed by atoms with Crippen molar-refractivity contribution in [3.8, 4) is 67.4 Å². The Kier molecular flexibility index (Phi) is 8.07. The van der Waals surface area contributed by atoms with Crippen LogP contribution in [0.4, 0.5) is 0 Å². The van der Waals surface area contributed by atoms with Crippen LogP contribution < -0.4 is 0 Å². The summed E-state index contributed by atoms with van der Waals surface area (Å²) in [6.45, 7) is 0. The number of rotatable bonds is 4. The molecule has 1 unspecified atom stereocenters. The monoisotopic (exact) mass is 854 g/mol. The van der Waals surface area contributed by atoms with Gasteiger partial charge in [0.2, 0.25) is 9.84 Å². The minimum absolute atomic E-state index is 0.255. The van der Waals surface area contributed by atoms with Crippen molar-refractivity contribution in [1.29, 1.82) is 0 Å². The van der Waals surface area contributed by atoms with Gasteiger partial charge in [0.25, 0.3) is 0 Å². The average Bonchev–Trinajstić information content (AvgIpc) is 3.70. The van der Waals surface area contributed by atoms with E-state index in [0.717, 1.165) is 77.8 Å². The normalized spacial score (nSPS) is 15.4. The zero-order valence-corrected chi connectivity index (χ0v) is 35.4. The molecule has 7 aromatic carbocycles. The standard InChI is InChI=1S/C57H34N4O3S/c62-65(63)54-23-11-9-21-46(54)57(48-31-53-44(30-55(48)65)43-19-7-10-22-52(43)64-53)45-20-8-6-18-41(45)39-16-4-5-17-40(39)42-26-24-36(29-47(42)57)51-32-50(35-13-2-1-3-14-35)60-56(61-51)38-25-27-49(59-34-38)37-15-12-28-58-33-37/h1-34H. The predicted molar refractivity (Wildman–Crippen MR) is 255 cm³/mol. The molecule has 0 radical (unpaired) electrons. The van der Waals surface area contributed by atoms with Crippen LogP contribution in [0.25, 0.3) is 89.4 Å². The third kappa shape index (κ3) is 5.51. The Bertz CT molecular complexity index is 3850. The fraction of sp³-hybridized carbons (Fsp3) is 0.0175. The van der Waals surface area contributed by atoms with Crippen LogP contribution in [0.2, 0.25) is 0 Å². The molecule has 306 valence electrons. The molecule has 5 heterocycles. The third-order valence-electron chi connectivity index (χ3n) is 13.1. The second-order valence-electron chi connectivity index (χ2n) is 16.5. The van der Waals surface area contributed by atoms with E-state index in [-0.39, 0.29) is 9.79 Å². The molecule has 0 bridgehead atoms. The van der Waals surface area contributed by atoms with Crippen LogP contribution in [0.3, 0.4) is 0 Å². The molecule has 7 nitrogen and oxygen atoms in total. The van der Waals surface area contributed by atoms with E-state index < -0.39 is 15.3 Å². The van der Waals surface area contributed by atoms with Gasteiger partial charge >= 0.3 is 0 Å². The zero-order chi connectivity index (χ0) is 43.3. The molecular formula is C57H34N4O3S. The second kappa shape index (κ2) is 14.1. The first-order chi connectivity index (χ1) is 32.0. The second-order valence-corrected chi connectivity index (χ2v) is 18.4. The number of nitrogens with zero attached hydrogens (tertiary/aromatic N) is 4. The summed E-state index contributed by atoms with van der Waals surface area (Å²) in [5, 5.41) is 1.61. The molecule has 0 amide bonds. The molecule has 1 atom stereocenters. The summed E-state index contributed by atoms with van der Waals surface area (Å²) in [7, 11) is -4.03. The van der Waals surface area contributed by atoms with Gasteiger partial charge in [-0.15, -0.1) is 0 Å². The maximum Gasteiger partial charge on any atom is 0.207 e. The Balaban J connectivity index is 1.13. The lowest BCUT2D eigenvalue weighted by Gasteiger charge is -2.42. The number of fused-ring (bicyclic) bond motifs is 14. The number of para-hydroxylation sites is 1. The van der Waals surface area contributed by atoms with E-state index in [1.807, 2.05) is 109 Å². The van der Waals surface area contributed by atoms with Gasteiger partial charge in [-0.1, -0.05) is 127 Å². The van der Waals surface area contributed by atoms with Gasteiger partial charge in [0.15, 0.2) is 5.82 Å². The van der Waals surface area contributed by atoms with Gasteiger partial charge in [0.05, 0.1) is 32.3 Å². The lowest BCUT2D eigenvalue weighted by Crippen LogP contribution is -2.38. The first-order valence-electron chi connectivity index (χ1n) is 21.4. The first kappa shape index (κ1) is 37.2. The molecule has 11 aromatic rings. The van der Waals surface area contributed by atoms with Gasteiger partial charge < -0.3 is 4.42 Å². The minimum atomic E-state index is -4.03. The fourth-order valence-corrected chi connectivity index (χ4v) is 12.0. The first-order valence-corrected chi connectivity index (χ1v) is 22.9. The molecule has 0 fully saturated rings. The lowest BCUT2D eigenvalue weighted by molar-refractivity contribution is 0.579. The highest BCUT2D eigenvalue weighted by Crippen LogP contribution is 2.60. The number of hydrogen-bond acceptors (Lipinski definition) is 7. The topological polar surface area (TPSA) is 98.8 Å². The zero-order valence-electron chi connectivity index (χ0n) is 34.6. The van der Waals surface area contributed by atoms with Gasteiger partial charge in [-0.25, -0.2) is 18.4 Å². The molecule has 1 spiro atoms. The van der Waals surface area contributed by atoms with Gasteiger partial charge in [-0.2, -0.15) is 0 Å². The van der Waals surface area contributed by atoms with E-state index in [0.29, 0.717) is 33.8 Å². The number of sulfone groups is 1. The smallest absolute Gasteiger partial charge is 0.207 e. The molecule has 0 saturated carbocycles. The highest BCUT2D eigenvalue weighted by atomic mass is 32.2. The highest BCUT2D eigenvalue weighted by molar-refractivity contribution is 7.91. The van der Waals surface area contributed by atoms with Crippen molar-refractivity contribution in [2.75, 3.05) is 0 Å². The van der Waals surface area contributed by atoms with E-state index >= 15 is 8.42 Å². The van der Waals surface area contributed by atoms with Gasteiger partial charge in [-0.3, -0.25) is 9.97 Å². The molecule has 0 N–H and O–H groups in total. The number of aromatic nitrogens is 4. The highest BCUT2D eigenvalue weighted by Gasteiger charge is 2.52. The molecule has 2 aliphatic rings. The number of furan rings is 1. The van der Waals surface area contributed by atoms with Crippen LogP contribution in [-0.2, 0) is 15.3 Å². The summed E-state index contributed by atoms with van der Waals surface area (Å²) in [6.07, 6.45) is 5.36. The van der Waals surface area contributed by atoms with Crippen LogP contribution in [0.15, 0.2) is 221 Å². The van der Waals surface area contributed by atoms with Crippen molar-refractivity contribution in [2.45, 2.75) is 15.2 Å². The fourth-order valence-electron chi connectivity index (χ4n) is 10.2. The number of benzene rings is 7. The lowest BCUT2D eigenvalue weighted by atomic mass is 9.63. The van der Waals surface area contributed by atoms with Crippen LogP contribution in [-0.4, -0.2) is 28.4 Å². The molecule has 1 aliphatic carbocycles. The van der Waals surface area contributed by atoms with E-state index in [2.05, 4.69) is 83.8 Å². The van der Waals surface area contributed by atoms with E-state index in [1.165, 1.54) is 0 Å². The SMILES string of the molecule is O=S1(=O)c2ccccc2C2(c3ccccc3-c3ccccc3-c3ccc(-c4cc(-c5ccccc5)nc(-c5ccc(-c6cccnc6)nc5)n4)cc32)c2cc3oc4ccccc4c3cc21. The van der Waals surface area contributed by atoms with Gasteiger partial charge in [0, 0.05) is 51.6 Å². The Morgan fingerprint density at radius 3 is 1.88 bits per heavy atom. The molecular weight excluding hydrogens is 821 g/mol. The van der Waals surface area contributed by atoms with Crippen LogP contribution in [0.5, 0.6) is 0 Å². The Labute approximate surface area is 374 Å². The van der Waals surface area contributed by atoms with E-state index in [4.69, 9.17) is 19.4 Å². The average molecular weight is 855 g/mol. The summed E-state index contributed by atoms with van der Waals surface area (Å²) >= 11 is 0. The minimum Gasteiger partial charge on any atom is -0.456 e. The summed E-state index contributed by atoms with van der Waals surface area (Å²) < 4.78 is 37.1. The quantitative estimate of drug-likeness (QED) is 0.174. The van der Waals surface area contributed by atoms with Crippen LogP contribution in [0.1, 0.15) is 22.3 Å². The third-order valence-corrected chi connectivity index (χ3v) is 14.9. The Hall–Kier alpha value is -8.33. The molecule has 1 aliphatic heterocycles. The van der Waals surface area contributed by atoms with Crippen molar-refractivity contribution < 1.29 is 12.8 Å². The molecule has 13 rings (SSSR count). The van der Waals surface area contributed by atoms with Crippen molar-refractivity contribution in [1.82, 2.24) is 19.9 Å². The molecule has 8 heteroatoms. The van der Waals surface area contributed by atoms with E-state index in [1.54, 1.807) is 18.5 Å². The van der Waals surface area contributed by atoms with E-state index in [9.17, 15) is 0 Å². The summed E-state index contributed by atoms with van der Waals surface area (Å²) in [4.78, 5) is 20.0.